The zero-order valence-electron chi connectivity index (χ0n) is 21.6. The average Bonchev–Trinajstić information content (AvgIpc) is 2.89. The molecule has 0 saturated carbocycles. The molecule has 36 heavy (non-hydrogen) atoms. The van der Waals surface area contributed by atoms with Crippen LogP contribution in [0.15, 0.2) is 35.1 Å². The second-order valence-electron chi connectivity index (χ2n) is 9.83. The number of hydrogen-bond acceptors (Lipinski definition) is 6. The number of piperazine rings is 2. The summed E-state index contributed by atoms with van der Waals surface area (Å²) in [7, 11) is 0. The van der Waals surface area contributed by atoms with Gasteiger partial charge in [0.1, 0.15) is 0 Å². The summed E-state index contributed by atoms with van der Waals surface area (Å²) in [4.78, 5) is 41.8. The van der Waals surface area contributed by atoms with Crippen LogP contribution in [0.3, 0.4) is 0 Å². The van der Waals surface area contributed by atoms with Crippen molar-refractivity contribution in [2.24, 2.45) is 5.92 Å². The summed E-state index contributed by atoms with van der Waals surface area (Å²) in [5.74, 6) is 1.00. The molecule has 196 valence electrons. The second kappa shape index (κ2) is 12.6. The highest BCUT2D eigenvalue weighted by Crippen LogP contribution is 2.26. The normalized spacial score (nSPS) is 17.9. The molecule has 8 nitrogen and oxygen atoms in total. The molecule has 1 aromatic carbocycles. The van der Waals surface area contributed by atoms with Crippen LogP contribution in [0.2, 0.25) is 5.02 Å². The van der Waals surface area contributed by atoms with Gasteiger partial charge in [0.05, 0.1) is 16.4 Å². The van der Waals surface area contributed by atoms with Crippen molar-refractivity contribution >= 4 is 29.1 Å². The van der Waals surface area contributed by atoms with Crippen molar-refractivity contribution in [3.05, 3.63) is 51.4 Å². The van der Waals surface area contributed by atoms with Crippen LogP contribution in [0.1, 0.15) is 45.2 Å². The van der Waals surface area contributed by atoms with Crippen LogP contribution in [0, 0.1) is 5.92 Å². The van der Waals surface area contributed by atoms with Gasteiger partial charge in [0, 0.05) is 70.9 Å². The summed E-state index contributed by atoms with van der Waals surface area (Å²) in [6.07, 6.45) is 4.07. The van der Waals surface area contributed by atoms with Gasteiger partial charge in [-0.25, -0.2) is 4.98 Å². The fourth-order valence-corrected chi connectivity index (χ4v) is 5.41. The smallest absolute Gasteiger partial charge is 0.252 e. The van der Waals surface area contributed by atoms with Crippen LogP contribution < -0.4 is 15.4 Å². The van der Waals surface area contributed by atoms with Crippen molar-refractivity contribution in [1.82, 2.24) is 19.8 Å². The van der Waals surface area contributed by atoms with Crippen LogP contribution in [-0.2, 0) is 11.3 Å². The number of amides is 1. The monoisotopic (exact) mass is 514 g/mol. The van der Waals surface area contributed by atoms with Crippen molar-refractivity contribution in [3.8, 4) is 0 Å². The number of carbonyl (C=O) groups is 1. The SMILES string of the molecule is CCCC[C@H](CC)C(=O)N1CCN(c2nc(CN3CCN(c4ccccc4Cl)CC3)cc(=O)[nH]2)CC1. The maximum atomic E-state index is 13.0. The van der Waals surface area contributed by atoms with E-state index >= 15 is 0 Å². The van der Waals surface area contributed by atoms with Crippen molar-refractivity contribution in [2.45, 2.75) is 46.1 Å². The molecule has 4 rings (SSSR count). The molecule has 1 aromatic heterocycles. The lowest BCUT2D eigenvalue weighted by molar-refractivity contribution is -0.136. The summed E-state index contributed by atoms with van der Waals surface area (Å²) in [6, 6.07) is 9.55. The number of H-pyrrole nitrogens is 1. The first-order chi connectivity index (χ1) is 17.5. The Morgan fingerprint density at radius 3 is 2.39 bits per heavy atom. The highest BCUT2D eigenvalue weighted by molar-refractivity contribution is 6.33. The molecule has 1 atom stereocenters. The molecule has 0 bridgehead atoms. The van der Waals surface area contributed by atoms with E-state index in [0.717, 1.165) is 68.3 Å². The molecule has 1 amide bonds. The summed E-state index contributed by atoms with van der Waals surface area (Å²) >= 11 is 6.37. The third-order valence-corrected chi connectivity index (χ3v) is 7.69. The molecule has 9 heteroatoms. The van der Waals surface area contributed by atoms with E-state index < -0.39 is 0 Å². The van der Waals surface area contributed by atoms with Crippen LogP contribution in [0.5, 0.6) is 0 Å². The number of aromatic nitrogens is 2. The first-order valence-electron chi connectivity index (χ1n) is 13.3. The molecule has 0 spiro atoms. The van der Waals surface area contributed by atoms with E-state index in [0.29, 0.717) is 38.7 Å². The fraction of sp³-hybridized carbons (Fsp3) is 0.593. The largest absolute Gasteiger partial charge is 0.368 e. The summed E-state index contributed by atoms with van der Waals surface area (Å²) in [6.45, 7) is 11.1. The molecule has 2 aliphatic heterocycles. The van der Waals surface area contributed by atoms with Crippen LogP contribution in [-0.4, -0.2) is 78.0 Å². The lowest BCUT2D eigenvalue weighted by Gasteiger charge is -2.37. The Balaban J connectivity index is 1.32. The molecular weight excluding hydrogens is 476 g/mol. The molecule has 3 heterocycles. The molecule has 0 radical (unpaired) electrons. The minimum atomic E-state index is -0.131. The quantitative estimate of drug-likeness (QED) is 0.551. The Bertz CT molecular complexity index is 1060. The first kappa shape index (κ1) is 26.5. The van der Waals surface area contributed by atoms with E-state index in [1.807, 2.05) is 23.1 Å². The standard InChI is InChI=1S/C27H39ClN6O2/c1-3-5-8-21(4-2)26(36)33-15-17-34(18-16-33)27-29-22(19-25(35)30-27)20-31-11-13-32(14-12-31)24-10-7-6-9-23(24)28/h6-7,9-10,19,21H,3-5,8,11-18,20H2,1-2H3,(H,29,30,35)/t21-/m0/s1. The number of rotatable bonds is 9. The Hall–Kier alpha value is -2.58. The number of nitrogens with one attached hydrogen (secondary N) is 1. The lowest BCUT2D eigenvalue weighted by Crippen LogP contribution is -2.51. The Labute approximate surface area is 219 Å². The van der Waals surface area contributed by atoms with Gasteiger partial charge < -0.3 is 14.7 Å². The van der Waals surface area contributed by atoms with E-state index in [2.05, 4.69) is 39.6 Å². The van der Waals surface area contributed by atoms with E-state index in [1.165, 1.54) is 0 Å². The molecule has 1 N–H and O–H groups in total. The Morgan fingerprint density at radius 1 is 1.03 bits per heavy atom. The molecule has 2 aromatic rings. The lowest BCUT2D eigenvalue weighted by atomic mass is 9.97. The third-order valence-electron chi connectivity index (χ3n) is 7.37. The van der Waals surface area contributed by atoms with Crippen molar-refractivity contribution < 1.29 is 4.79 Å². The van der Waals surface area contributed by atoms with Crippen LogP contribution >= 0.6 is 11.6 Å². The molecule has 0 aliphatic carbocycles. The van der Waals surface area contributed by atoms with Gasteiger partial charge in [0.25, 0.3) is 5.56 Å². The van der Waals surface area contributed by atoms with Crippen LogP contribution in [0.4, 0.5) is 11.6 Å². The van der Waals surface area contributed by atoms with Gasteiger partial charge in [-0.05, 0) is 25.0 Å². The predicted octanol–water partition coefficient (Wildman–Crippen LogP) is 3.61. The topological polar surface area (TPSA) is 75.8 Å². The van der Waals surface area contributed by atoms with Crippen molar-refractivity contribution in [1.29, 1.82) is 0 Å². The van der Waals surface area contributed by atoms with Gasteiger partial charge in [-0.15, -0.1) is 0 Å². The number of nitrogens with zero attached hydrogens (tertiary/aromatic N) is 5. The maximum Gasteiger partial charge on any atom is 0.252 e. The molecule has 2 fully saturated rings. The zero-order valence-corrected chi connectivity index (χ0v) is 22.3. The zero-order chi connectivity index (χ0) is 25.5. The molecule has 0 unspecified atom stereocenters. The number of benzene rings is 1. The third kappa shape index (κ3) is 6.59. The van der Waals surface area contributed by atoms with Crippen molar-refractivity contribution in [2.75, 3.05) is 62.2 Å². The highest BCUT2D eigenvalue weighted by atomic mass is 35.5. The Morgan fingerprint density at radius 2 is 1.72 bits per heavy atom. The molecule has 2 aliphatic rings. The van der Waals surface area contributed by atoms with Gasteiger partial charge in [0.2, 0.25) is 11.9 Å². The fourth-order valence-electron chi connectivity index (χ4n) is 5.16. The number of anilines is 2. The number of hydrogen-bond donors (Lipinski definition) is 1. The Kier molecular flexibility index (Phi) is 9.26. The maximum absolute atomic E-state index is 13.0. The highest BCUT2D eigenvalue weighted by Gasteiger charge is 2.27. The summed E-state index contributed by atoms with van der Waals surface area (Å²) < 4.78 is 0. The van der Waals surface area contributed by atoms with Gasteiger partial charge in [0.15, 0.2) is 0 Å². The van der Waals surface area contributed by atoms with Gasteiger partial charge >= 0.3 is 0 Å². The molecule has 2 saturated heterocycles. The number of aromatic amines is 1. The summed E-state index contributed by atoms with van der Waals surface area (Å²) in [5, 5.41) is 0.778. The van der Waals surface area contributed by atoms with Crippen molar-refractivity contribution in [3.63, 3.8) is 0 Å². The van der Waals surface area contributed by atoms with E-state index in [1.54, 1.807) is 6.07 Å². The van der Waals surface area contributed by atoms with E-state index in [4.69, 9.17) is 16.6 Å². The number of para-hydroxylation sites is 1. The average molecular weight is 515 g/mol. The number of unbranched alkanes of at least 4 members (excludes halogenated alkanes) is 1. The second-order valence-corrected chi connectivity index (χ2v) is 10.2. The minimum Gasteiger partial charge on any atom is -0.368 e. The predicted molar refractivity (Wildman–Crippen MR) is 146 cm³/mol. The minimum absolute atomic E-state index is 0.121. The summed E-state index contributed by atoms with van der Waals surface area (Å²) in [5.41, 5.74) is 1.72. The van der Waals surface area contributed by atoms with Gasteiger partial charge in [-0.3, -0.25) is 19.5 Å². The molecular formula is C27H39ClN6O2. The van der Waals surface area contributed by atoms with Gasteiger partial charge in [-0.2, -0.15) is 0 Å². The number of halogens is 1. The van der Waals surface area contributed by atoms with Gasteiger partial charge in [-0.1, -0.05) is 50.4 Å². The number of carbonyl (C=O) groups excluding carboxylic acids is 1. The van der Waals surface area contributed by atoms with Crippen LogP contribution in [0.25, 0.3) is 0 Å². The van der Waals surface area contributed by atoms with E-state index in [-0.39, 0.29) is 17.4 Å². The van der Waals surface area contributed by atoms with E-state index in [9.17, 15) is 9.59 Å². The first-order valence-corrected chi connectivity index (χ1v) is 13.7.